The topological polar surface area (TPSA) is 96.5 Å². The molecule has 0 unspecified atom stereocenters. The van der Waals surface area contributed by atoms with Crippen LogP contribution in [0.3, 0.4) is 0 Å². The average molecular weight is 336 g/mol. The van der Waals surface area contributed by atoms with Gasteiger partial charge in [0.1, 0.15) is 12.1 Å². The van der Waals surface area contributed by atoms with Gasteiger partial charge in [0.05, 0.1) is 0 Å². The molecule has 2 aromatic heterocycles. The Balaban J connectivity index is 1.57. The summed E-state index contributed by atoms with van der Waals surface area (Å²) in [6.45, 7) is 0. The number of aromatic amines is 1. The van der Waals surface area contributed by atoms with Gasteiger partial charge in [0.15, 0.2) is 0 Å². The Hall–Kier alpha value is -2.33. The maximum atomic E-state index is 12.8. The molecule has 22 heavy (non-hydrogen) atoms. The Bertz CT molecular complexity index is 758. The van der Waals surface area contributed by atoms with Crippen molar-refractivity contribution in [2.24, 2.45) is 0 Å². The highest BCUT2D eigenvalue weighted by atomic mass is 32.2. The molecule has 0 atom stereocenters. The fourth-order valence-corrected chi connectivity index (χ4v) is 3.01. The van der Waals surface area contributed by atoms with Gasteiger partial charge in [0.25, 0.3) is 5.91 Å². The molecule has 0 aliphatic heterocycles. The lowest BCUT2D eigenvalue weighted by molar-refractivity contribution is 0.101. The number of carbonyl (C=O) groups is 1. The summed E-state index contributed by atoms with van der Waals surface area (Å²) in [7, 11) is 0. The molecule has 0 spiro atoms. The van der Waals surface area contributed by atoms with Gasteiger partial charge in [0.2, 0.25) is 16.1 Å². The first-order chi connectivity index (χ1) is 10.7. The molecule has 7 nitrogen and oxygen atoms in total. The zero-order valence-corrected chi connectivity index (χ0v) is 12.6. The molecule has 112 valence electrons. The van der Waals surface area contributed by atoms with Gasteiger partial charge in [-0.05, 0) is 17.7 Å². The molecule has 1 aromatic carbocycles. The highest BCUT2D eigenvalue weighted by Crippen LogP contribution is 2.23. The minimum atomic E-state index is -0.427. The fraction of sp³-hybridized carbons (Fsp3) is 0.0833. The van der Waals surface area contributed by atoms with E-state index in [0.29, 0.717) is 16.0 Å². The monoisotopic (exact) mass is 336 g/mol. The summed E-state index contributed by atoms with van der Waals surface area (Å²) in [5, 5.41) is 9.56. The summed E-state index contributed by atoms with van der Waals surface area (Å²) < 4.78 is 17.0. The van der Waals surface area contributed by atoms with Gasteiger partial charge in [0, 0.05) is 17.3 Å². The second kappa shape index (κ2) is 6.62. The average Bonchev–Trinajstić information content (AvgIpc) is 3.18. The third-order valence-corrected chi connectivity index (χ3v) is 4.20. The summed E-state index contributed by atoms with van der Waals surface area (Å²) in [6, 6.07) is 6.24. The molecule has 0 bridgehead atoms. The Kier molecular flexibility index (Phi) is 4.39. The maximum Gasteiger partial charge on any atom is 0.294 e. The normalized spacial score (nSPS) is 10.6. The minimum absolute atomic E-state index is 0.107. The van der Waals surface area contributed by atoms with E-state index in [1.165, 1.54) is 30.2 Å². The maximum absolute atomic E-state index is 12.8. The van der Waals surface area contributed by atoms with E-state index in [9.17, 15) is 9.18 Å². The van der Waals surface area contributed by atoms with Gasteiger partial charge in [-0.15, -0.1) is 0 Å². The first kappa shape index (κ1) is 14.6. The third kappa shape index (κ3) is 3.65. The van der Waals surface area contributed by atoms with Crippen molar-refractivity contribution in [2.45, 2.75) is 10.9 Å². The molecule has 2 heterocycles. The zero-order valence-electron chi connectivity index (χ0n) is 11.0. The van der Waals surface area contributed by atoms with Gasteiger partial charge in [-0.1, -0.05) is 23.9 Å². The number of amides is 1. The quantitative estimate of drug-likeness (QED) is 0.694. The van der Waals surface area contributed by atoms with Crippen LogP contribution in [0, 0.1) is 5.82 Å². The first-order valence-electron chi connectivity index (χ1n) is 6.08. The number of halogens is 1. The molecule has 3 rings (SSSR count). The summed E-state index contributed by atoms with van der Waals surface area (Å²) in [4.78, 5) is 19.7. The number of anilines is 1. The van der Waals surface area contributed by atoms with E-state index in [0.717, 1.165) is 17.1 Å². The van der Waals surface area contributed by atoms with Gasteiger partial charge in [-0.25, -0.2) is 9.37 Å². The lowest BCUT2D eigenvalue weighted by Crippen LogP contribution is -2.13. The molecule has 0 fully saturated rings. The van der Waals surface area contributed by atoms with Crippen LogP contribution in [0.15, 0.2) is 35.7 Å². The number of thioether (sulfide) groups is 1. The standard InChI is InChI=1S/C12H9FN6OS2/c13-8-3-1-7(2-4-8)5-21-12-17-11(22-19-12)16-10(20)9-14-6-15-18-9/h1-4,6H,5H2,(H,14,15,18)(H,16,17,19,20). The Morgan fingerprint density at radius 1 is 1.36 bits per heavy atom. The molecule has 0 saturated heterocycles. The van der Waals surface area contributed by atoms with Crippen molar-refractivity contribution >= 4 is 34.3 Å². The first-order valence-corrected chi connectivity index (χ1v) is 7.84. The van der Waals surface area contributed by atoms with Crippen molar-refractivity contribution in [3.8, 4) is 0 Å². The van der Waals surface area contributed by atoms with E-state index < -0.39 is 5.91 Å². The van der Waals surface area contributed by atoms with Crippen LogP contribution >= 0.6 is 23.3 Å². The van der Waals surface area contributed by atoms with Crippen LogP contribution in [0.25, 0.3) is 0 Å². The van der Waals surface area contributed by atoms with E-state index in [4.69, 9.17) is 0 Å². The Labute approximate surface area is 132 Å². The van der Waals surface area contributed by atoms with Crippen molar-refractivity contribution in [3.63, 3.8) is 0 Å². The number of benzene rings is 1. The minimum Gasteiger partial charge on any atom is -0.294 e. The van der Waals surface area contributed by atoms with E-state index in [2.05, 4.69) is 29.9 Å². The van der Waals surface area contributed by atoms with E-state index in [1.807, 2.05) is 0 Å². The molecule has 0 aliphatic carbocycles. The van der Waals surface area contributed by atoms with Gasteiger partial charge in [-0.3, -0.25) is 15.2 Å². The largest absolute Gasteiger partial charge is 0.294 e. The molecule has 0 aliphatic rings. The zero-order chi connectivity index (χ0) is 15.4. The molecule has 1 amide bonds. The van der Waals surface area contributed by atoms with E-state index in [-0.39, 0.29) is 11.6 Å². The van der Waals surface area contributed by atoms with Crippen molar-refractivity contribution in [1.82, 2.24) is 24.5 Å². The van der Waals surface area contributed by atoms with Crippen LogP contribution in [-0.2, 0) is 5.75 Å². The lowest BCUT2D eigenvalue weighted by Gasteiger charge is -1.98. The second-order valence-electron chi connectivity index (χ2n) is 4.09. The number of nitrogens with zero attached hydrogens (tertiary/aromatic N) is 4. The van der Waals surface area contributed by atoms with Crippen molar-refractivity contribution < 1.29 is 9.18 Å². The number of H-pyrrole nitrogens is 1. The van der Waals surface area contributed by atoms with Crippen LogP contribution in [0.1, 0.15) is 16.2 Å². The van der Waals surface area contributed by atoms with Crippen LogP contribution in [0.5, 0.6) is 0 Å². The molecular weight excluding hydrogens is 327 g/mol. The number of aromatic nitrogens is 5. The molecule has 0 saturated carbocycles. The number of hydrogen-bond acceptors (Lipinski definition) is 7. The summed E-state index contributed by atoms with van der Waals surface area (Å²) in [5.41, 5.74) is 0.966. The van der Waals surface area contributed by atoms with Crippen molar-refractivity contribution in [1.29, 1.82) is 0 Å². The number of nitrogens with one attached hydrogen (secondary N) is 2. The molecule has 0 radical (unpaired) electrons. The van der Waals surface area contributed by atoms with E-state index in [1.54, 1.807) is 12.1 Å². The highest BCUT2D eigenvalue weighted by molar-refractivity contribution is 7.98. The molecule has 10 heteroatoms. The second-order valence-corrected chi connectivity index (χ2v) is 5.78. The number of carbonyl (C=O) groups excluding carboxylic acids is 1. The Morgan fingerprint density at radius 2 is 2.18 bits per heavy atom. The smallest absolute Gasteiger partial charge is 0.294 e. The van der Waals surface area contributed by atoms with Crippen molar-refractivity contribution in [2.75, 3.05) is 5.32 Å². The highest BCUT2D eigenvalue weighted by Gasteiger charge is 2.12. The van der Waals surface area contributed by atoms with Crippen molar-refractivity contribution in [3.05, 3.63) is 47.8 Å². The summed E-state index contributed by atoms with van der Waals surface area (Å²) in [5.74, 6) is 0.0318. The number of rotatable bonds is 5. The Morgan fingerprint density at radius 3 is 2.91 bits per heavy atom. The predicted molar refractivity (Wildman–Crippen MR) is 80.2 cm³/mol. The van der Waals surface area contributed by atoms with Crippen LogP contribution in [0.4, 0.5) is 9.52 Å². The fourth-order valence-electron chi connectivity index (χ4n) is 1.52. The summed E-state index contributed by atoms with van der Waals surface area (Å²) >= 11 is 2.48. The van der Waals surface area contributed by atoms with Gasteiger partial charge >= 0.3 is 0 Å². The van der Waals surface area contributed by atoms with Crippen LogP contribution in [0.2, 0.25) is 0 Å². The molecule has 2 N–H and O–H groups in total. The SMILES string of the molecule is O=C(Nc1nc(SCc2ccc(F)cc2)ns1)c1ncn[nH]1. The van der Waals surface area contributed by atoms with E-state index >= 15 is 0 Å². The predicted octanol–water partition coefficient (Wildman–Crippen LogP) is 2.34. The number of hydrogen-bond donors (Lipinski definition) is 2. The molecular formula is C12H9FN6OS2. The van der Waals surface area contributed by atoms with Crippen LogP contribution in [-0.4, -0.2) is 30.4 Å². The lowest BCUT2D eigenvalue weighted by atomic mass is 10.2. The van der Waals surface area contributed by atoms with Gasteiger partial charge in [-0.2, -0.15) is 14.5 Å². The summed E-state index contributed by atoms with van der Waals surface area (Å²) in [6.07, 6.45) is 1.25. The van der Waals surface area contributed by atoms with Crippen LogP contribution < -0.4 is 5.32 Å². The van der Waals surface area contributed by atoms with Gasteiger partial charge < -0.3 is 0 Å². The molecule has 3 aromatic rings. The third-order valence-electron chi connectivity index (χ3n) is 2.54.